The van der Waals surface area contributed by atoms with Crippen molar-refractivity contribution in [3.05, 3.63) is 107 Å². The number of likely N-dealkylation sites (tertiary alicyclic amines) is 1. The van der Waals surface area contributed by atoms with Crippen molar-refractivity contribution in [3.63, 3.8) is 0 Å². The lowest BCUT2D eigenvalue weighted by atomic mass is 10.0. The summed E-state index contributed by atoms with van der Waals surface area (Å²) in [5.41, 5.74) is 7.13. The number of ether oxygens (including phenoxy) is 1. The Morgan fingerprint density at radius 3 is 2.32 bits per heavy atom. The maximum absolute atomic E-state index is 12.3. The predicted octanol–water partition coefficient (Wildman–Crippen LogP) is 7.19. The molecule has 34 heavy (non-hydrogen) atoms. The van der Waals surface area contributed by atoms with Crippen molar-refractivity contribution in [1.29, 1.82) is 0 Å². The van der Waals surface area contributed by atoms with Crippen molar-refractivity contribution in [2.24, 2.45) is 4.99 Å². The number of carbonyl (C=O) groups excluding carboxylic acids is 1. The van der Waals surface area contributed by atoms with Gasteiger partial charge in [0.15, 0.2) is 0 Å². The molecule has 3 aromatic carbocycles. The summed E-state index contributed by atoms with van der Waals surface area (Å²) in [7, 11) is 0. The molecule has 0 unspecified atom stereocenters. The maximum atomic E-state index is 12.3. The molecule has 0 bridgehead atoms. The second-order valence-corrected chi connectivity index (χ2v) is 9.74. The Balaban J connectivity index is 1.53. The molecule has 0 radical (unpaired) electrons. The van der Waals surface area contributed by atoms with Gasteiger partial charge in [-0.3, -0.25) is 0 Å². The van der Waals surface area contributed by atoms with Gasteiger partial charge >= 0.3 is 6.09 Å². The predicted molar refractivity (Wildman–Crippen MR) is 140 cm³/mol. The lowest BCUT2D eigenvalue weighted by molar-refractivity contribution is 0.0299. The molecule has 1 saturated heterocycles. The number of rotatable bonds is 4. The highest BCUT2D eigenvalue weighted by atomic mass is 16.6. The number of benzene rings is 3. The van der Waals surface area contributed by atoms with Crippen molar-refractivity contribution in [2.75, 3.05) is 13.1 Å². The number of hydrogen-bond acceptors (Lipinski definition) is 3. The van der Waals surface area contributed by atoms with E-state index in [0.29, 0.717) is 13.1 Å². The van der Waals surface area contributed by atoms with Crippen molar-refractivity contribution in [3.8, 4) is 0 Å². The number of aryl methyl sites for hydroxylation is 1. The van der Waals surface area contributed by atoms with Gasteiger partial charge in [0.2, 0.25) is 0 Å². The summed E-state index contributed by atoms with van der Waals surface area (Å²) < 4.78 is 5.50. The topological polar surface area (TPSA) is 41.9 Å². The average Bonchev–Trinajstić information content (AvgIpc) is 3.27. The fourth-order valence-corrected chi connectivity index (χ4v) is 3.98. The van der Waals surface area contributed by atoms with E-state index >= 15 is 0 Å². The molecule has 4 rings (SSSR count). The van der Waals surface area contributed by atoms with Crippen LogP contribution in [0.5, 0.6) is 0 Å². The van der Waals surface area contributed by atoms with Gasteiger partial charge in [-0.25, -0.2) is 9.79 Å². The number of hydrogen-bond donors (Lipinski definition) is 0. The van der Waals surface area contributed by atoms with Crippen LogP contribution in [-0.2, 0) is 4.74 Å². The van der Waals surface area contributed by atoms with Crippen LogP contribution in [-0.4, -0.2) is 35.4 Å². The molecule has 3 aromatic rings. The Morgan fingerprint density at radius 2 is 1.65 bits per heavy atom. The van der Waals surface area contributed by atoms with Crippen LogP contribution in [0.25, 0.3) is 6.08 Å². The third-order valence-electron chi connectivity index (χ3n) is 5.59. The number of carbonyl (C=O) groups is 1. The molecule has 174 valence electrons. The second-order valence-electron chi connectivity index (χ2n) is 9.74. The molecule has 1 aliphatic rings. The van der Waals surface area contributed by atoms with Gasteiger partial charge in [-0.1, -0.05) is 72.3 Å². The van der Waals surface area contributed by atoms with E-state index in [1.165, 1.54) is 11.1 Å². The summed E-state index contributed by atoms with van der Waals surface area (Å²) in [5, 5.41) is 0. The Hall–Kier alpha value is -3.66. The first-order valence-electron chi connectivity index (χ1n) is 11.8. The largest absolute Gasteiger partial charge is 0.444 e. The van der Waals surface area contributed by atoms with Crippen LogP contribution in [0.2, 0.25) is 0 Å². The highest BCUT2D eigenvalue weighted by Crippen LogP contribution is 2.24. The summed E-state index contributed by atoms with van der Waals surface area (Å²) in [6.07, 6.45) is 2.78. The molecule has 4 nitrogen and oxygen atoms in total. The minimum absolute atomic E-state index is 0.245. The molecule has 4 heteroatoms. The smallest absolute Gasteiger partial charge is 0.410 e. The Labute approximate surface area is 202 Å². The van der Waals surface area contributed by atoms with Gasteiger partial charge in [-0.05, 0) is 63.5 Å². The van der Waals surface area contributed by atoms with Crippen LogP contribution >= 0.6 is 0 Å². The lowest BCUT2D eigenvalue weighted by Gasteiger charge is -2.23. The SMILES string of the molecule is Cc1cccc(C(=Nc2ccc(/C=C3\CCN(C(=O)OC(C)(C)C)C3)cc2)c2ccccc2)c1. The summed E-state index contributed by atoms with van der Waals surface area (Å²) in [6.45, 7) is 9.08. The molecule has 0 N–H and O–H groups in total. The molecule has 0 spiro atoms. The molecular weight excluding hydrogens is 420 g/mol. The standard InChI is InChI=1S/C30H32N2O2/c1-22-9-8-12-26(19-22)28(25-10-6-5-7-11-25)31-27-15-13-23(14-16-27)20-24-17-18-32(21-24)29(33)34-30(2,3)4/h5-16,19-20H,17-18,21H2,1-4H3/b24-20+,31-28?. The summed E-state index contributed by atoms with van der Waals surface area (Å²) in [4.78, 5) is 19.1. The van der Waals surface area contributed by atoms with E-state index in [2.05, 4.69) is 61.5 Å². The minimum atomic E-state index is -0.475. The van der Waals surface area contributed by atoms with Crippen molar-refractivity contribution in [1.82, 2.24) is 4.90 Å². The number of amides is 1. The minimum Gasteiger partial charge on any atom is -0.444 e. The van der Waals surface area contributed by atoms with E-state index in [4.69, 9.17) is 9.73 Å². The van der Waals surface area contributed by atoms with Crippen molar-refractivity contribution in [2.45, 2.75) is 39.7 Å². The van der Waals surface area contributed by atoms with E-state index in [1.807, 2.05) is 51.1 Å². The van der Waals surface area contributed by atoms with Gasteiger partial charge in [0, 0.05) is 24.2 Å². The lowest BCUT2D eigenvalue weighted by Crippen LogP contribution is -2.34. The van der Waals surface area contributed by atoms with Gasteiger partial charge in [-0.2, -0.15) is 0 Å². The fraction of sp³-hybridized carbons (Fsp3) is 0.267. The summed E-state index contributed by atoms with van der Waals surface area (Å²) >= 11 is 0. The molecule has 0 saturated carbocycles. The monoisotopic (exact) mass is 452 g/mol. The molecule has 1 heterocycles. The number of nitrogens with zero attached hydrogens (tertiary/aromatic N) is 2. The van der Waals surface area contributed by atoms with Gasteiger partial charge < -0.3 is 9.64 Å². The van der Waals surface area contributed by atoms with Crippen LogP contribution < -0.4 is 0 Å². The Kier molecular flexibility index (Phi) is 6.97. The third kappa shape index (κ3) is 6.22. The van der Waals surface area contributed by atoms with Crippen LogP contribution in [0, 0.1) is 6.92 Å². The van der Waals surface area contributed by atoms with E-state index < -0.39 is 5.60 Å². The Morgan fingerprint density at radius 1 is 0.941 bits per heavy atom. The van der Waals surface area contributed by atoms with Crippen LogP contribution in [0.1, 0.15) is 49.4 Å². The highest BCUT2D eigenvalue weighted by Gasteiger charge is 2.26. The molecule has 0 aliphatic carbocycles. The first-order chi connectivity index (χ1) is 16.3. The maximum Gasteiger partial charge on any atom is 0.410 e. The normalized spacial score (nSPS) is 15.6. The number of aliphatic imine (C=N–C) groups is 1. The zero-order chi connectivity index (χ0) is 24.1. The van der Waals surface area contributed by atoms with E-state index in [1.54, 1.807) is 4.90 Å². The first-order valence-corrected chi connectivity index (χ1v) is 11.8. The van der Waals surface area contributed by atoms with Crippen molar-refractivity contribution >= 4 is 23.6 Å². The van der Waals surface area contributed by atoms with Gasteiger partial charge in [0.1, 0.15) is 5.60 Å². The van der Waals surface area contributed by atoms with E-state index in [9.17, 15) is 4.79 Å². The zero-order valence-electron chi connectivity index (χ0n) is 20.4. The summed E-state index contributed by atoms with van der Waals surface area (Å²) in [6, 6.07) is 27.0. The molecular formula is C30H32N2O2. The van der Waals surface area contributed by atoms with Crippen LogP contribution in [0.3, 0.4) is 0 Å². The second kappa shape index (κ2) is 10.1. The van der Waals surface area contributed by atoms with E-state index in [-0.39, 0.29) is 6.09 Å². The third-order valence-corrected chi connectivity index (χ3v) is 5.59. The zero-order valence-corrected chi connectivity index (χ0v) is 20.4. The Bertz CT molecular complexity index is 1200. The average molecular weight is 453 g/mol. The van der Waals surface area contributed by atoms with Gasteiger partial charge in [0.25, 0.3) is 0 Å². The van der Waals surface area contributed by atoms with E-state index in [0.717, 1.165) is 34.5 Å². The molecule has 0 aromatic heterocycles. The van der Waals surface area contributed by atoms with Crippen LogP contribution in [0.15, 0.2) is 89.4 Å². The molecule has 1 aliphatic heterocycles. The quantitative estimate of drug-likeness (QED) is 0.393. The fourth-order valence-electron chi connectivity index (χ4n) is 3.98. The first kappa shape index (κ1) is 23.5. The van der Waals surface area contributed by atoms with Crippen molar-refractivity contribution < 1.29 is 9.53 Å². The van der Waals surface area contributed by atoms with Gasteiger partial charge in [0.05, 0.1) is 11.4 Å². The highest BCUT2D eigenvalue weighted by molar-refractivity contribution is 6.14. The molecule has 1 fully saturated rings. The molecule has 1 amide bonds. The van der Waals surface area contributed by atoms with Gasteiger partial charge in [-0.15, -0.1) is 0 Å². The van der Waals surface area contributed by atoms with Crippen LogP contribution in [0.4, 0.5) is 10.5 Å². The summed E-state index contributed by atoms with van der Waals surface area (Å²) in [5.74, 6) is 0. The molecule has 0 atom stereocenters.